The van der Waals surface area contributed by atoms with Crippen LogP contribution in [0.3, 0.4) is 0 Å². The van der Waals surface area contributed by atoms with E-state index >= 15 is 0 Å². The largest absolute Gasteiger partial charge is 0.507 e. The Balaban J connectivity index is 2.57. The molecule has 0 saturated carbocycles. The molecule has 0 aromatic heterocycles. The summed E-state index contributed by atoms with van der Waals surface area (Å²) in [7, 11) is 3.01. The highest BCUT2D eigenvalue weighted by molar-refractivity contribution is 5.74. The monoisotopic (exact) mass is 384 g/mol. The predicted molar refractivity (Wildman–Crippen MR) is 116 cm³/mol. The van der Waals surface area contributed by atoms with Crippen molar-refractivity contribution < 1.29 is 19.7 Å². The molecule has 0 aliphatic heterocycles. The van der Waals surface area contributed by atoms with Crippen molar-refractivity contribution in [2.24, 2.45) is 0 Å². The van der Waals surface area contributed by atoms with Gasteiger partial charge in [-0.15, -0.1) is 0 Å². The van der Waals surface area contributed by atoms with Gasteiger partial charge in [0.05, 0.1) is 14.2 Å². The first-order valence-corrected chi connectivity index (χ1v) is 9.39. The molecule has 2 N–H and O–H groups in total. The minimum atomic E-state index is -0.182. The smallest absolute Gasteiger partial charge is 0.200 e. The highest BCUT2D eigenvalue weighted by Crippen LogP contribution is 2.41. The number of aromatic hydroxyl groups is 2. The molecule has 0 fully saturated rings. The molecule has 0 atom stereocenters. The van der Waals surface area contributed by atoms with Gasteiger partial charge in [0, 0.05) is 11.1 Å². The Hall–Kier alpha value is -2.62. The van der Waals surface area contributed by atoms with Crippen LogP contribution in [0.5, 0.6) is 23.0 Å². The molecule has 0 aliphatic rings. The molecule has 0 amide bonds. The molecule has 2 rings (SSSR count). The van der Waals surface area contributed by atoms with Crippen molar-refractivity contribution in [3.63, 3.8) is 0 Å². The molecule has 2 aromatic rings. The molecule has 0 radical (unpaired) electrons. The van der Waals surface area contributed by atoms with Crippen LogP contribution in [0.1, 0.15) is 63.8 Å². The van der Waals surface area contributed by atoms with E-state index in [4.69, 9.17) is 9.47 Å². The molecule has 2 aromatic carbocycles. The molecule has 0 unspecified atom stereocenters. The van der Waals surface area contributed by atoms with Gasteiger partial charge in [-0.25, -0.2) is 0 Å². The van der Waals surface area contributed by atoms with Crippen molar-refractivity contribution in [1.82, 2.24) is 0 Å². The van der Waals surface area contributed by atoms with Gasteiger partial charge >= 0.3 is 0 Å². The predicted octanol–water partition coefficient (Wildman–Crippen LogP) is 5.88. The summed E-state index contributed by atoms with van der Waals surface area (Å²) in [5.74, 6) is 1.06. The quantitative estimate of drug-likeness (QED) is 0.646. The molecule has 152 valence electrons. The molecule has 0 bridgehead atoms. The first-order valence-electron chi connectivity index (χ1n) is 9.39. The summed E-state index contributed by atoms with van der Waals surface area (Å²) >= 11 is 0. The maximum atomic E-state index is 10.9. The Morgan fingerprint density at radius 1 is 0.643 bits per heavy atom. The molecule has 0 saturated heterocycles. The van der Waals surface area contributed by atoms with Gasteiger partial charge < -0.3 is 19.7 Å². The number of rotatable bonds is 4. The number of phenols is 2. The van der Waals surface area contributed by atoms with Crippen molar-refractivity contribution >= 4 is 12.2 Å². The third-order valence-corrected chi connectivity index (χ3v) is 4.72. The topological polar surface area (TPSA) is 58.9 Å². The van der Waals surface area contributed by atoms with E-state index in [1.54, 1.807) is 12.1 Å². The first kappa shape index (κ1) is 21.7. The van der Waals surface area contributed by atoms with E-state index in [2.05, 4.69) is 41.5 Å². The summed E-state index contributed by atoms with van der Waals surface area (Å²) in [6.07, 6.45) is 3.94. The third kappa shape index (κ3) is 4.61. The lowest BCUT2D eigenvalue weighted by Crippen LogP contribution is -2.17. The van der Waals surface area contributed by atoms with Gasteiger partial charge in [-0.3, -0.25) is 0 Å². The Bertz CT molecular complexity index is 820. The maximum Gasteiger partial charge on any atom is 0.200 e. The van der Waals surface area contributed by atoms with Crippen LogP contribution in [0.2, 0.25) is 0 Å². The van der Waals surface area contributed by atoms with Crippen LogP contribution in [0.4, 0.5) is 0 Å². The minimum Gasteiger partial charge on any atom is -0.507 e. The number of hydrogen-bond acceptors (Lipinski definition) is 4. The molecule has 0 aliphatic carbocycles. The fourth-order valence-electron chi connectivity index (χ4n) is 3.10. The van der Waals surface area contributed by atoms with E-state index < -0.39 is 0 Å². The second-order valence-electron chi connectivity index (χ2n) is 9.07. The van der Waals surface area contributed by atoms with E-state index in [9.17, 15) is 10.2 Å². The Kier molecular flexibility index (Phi) is 6.03. The van der Waals surface area contributed by atoms with Gasteiger partial charge in [-0.05, 0) is 46.2 Å². The highest BCUT2D eigenvalue weighted by atomic mass is 16.5. The van der Waals surface area contributed by atoms with Gasteiger partial charge in [0.25, 0.3) is 0 Å². The molecular formula is C24H32O4. The van der Waals surface area contributed by atoms with Crippen LogP contribution in [0.25, 0.3) is 12.2 Å². The van der Waals surface area contributed by atoms with E-state index in [-0.39, 0.29) is 16.6 Å². The Labute approximate surface area is 168 Å². The molecule has 4 heteroatoms. The number of methoxy groups -OCH3 is 2. The minimum absolute atomic E-state index is 0.0168. The van der Waals surface area contributed by atoms with Crippen molar-refractivity contribution in [2.45, 2.75) is 52.4 Å². The van der Waals surface area contributed by atoms with Crippen LogP contribution in [0.15, 0.2) is 24.3 Å². The van der Waals surface area contributed by atoms with E-state index in [1.165, 1.54) is 14.2 Å². The lowest BCUT2D eigenvalue weighted by molar-refractivity contribution is 0.340. The van der Waals surface area contributed by atoms with Crippen molar-refractivity contribution in [3.8, 4) is 23.0 Å². The van der Waals surface area contributed by atoms with E-state index in [0.29, 0.717) is 17.2 Å². The van der Waals surface area contributed by atoms with Gasteiger partial charge in [-0.2, -0.15) is 0 Å². The zero-order valence-electron chi connectivity index (χ0n) is 18.2. The maximum absolute atomic E-state index is 10.9. The number of ether oxygens (including phenoxy) is 2. The van der Waals surface area contributed by atoms with Crippen LogP contribution < -0.4 is 9.47 Å². The van der Waals surface area contributed by atoms with E-state index in [0.717, 1.165) is 22.3 Å². The summed E-state index contributed by atoms with van der Waals surface area (Å²) in [6.45, 7) is 12.6. The summed E-state index contributed by atoms with van der Waals surface area (Å²) in [5, 5.41) is 20.9. The zero-order valence-corrected chi connectivity index (χ0v) is 18.2. The van der Waals surface area contributed by atoms with Crippen LogP contribution in [0, 0.1) is 0 Å². The summed E-state index contributed by atoms with van der Waals surface area (Å²) in [5.41, 5.74) is 3.31. The zero-order chi connectivity index (χ0) is 21.3. The SMILES string of the molecule is COc1cc(C=Cc2cc(C(C)(C)C)c(O)c(C(C)(C)C)c2)cc(OC)c1O. The average molecular weight is 385 g/mol. The second kappa shape index (κ2) is 7.78. The number of benzene rings is 2. The summed E-state index contributed by atoms with van der Waals surface area (Å²) in [4.78, 5) is 0. The molecule has 28 heavy (non-hydrogen) atoms. The van der Waals surface area contributed by atoms with E-state index in [1.807, 2.05) is 24.3 Å². The van der Waals surface area contributed by atoms with Gasteiger partial charge in [-0.1, -0.05) is 53.7 Å². The Morgan fingerprint density at radius 2 is 1.00 bits per heavy atom. The van der Waals surface area contributed by atoms with Gasteiger partial charge in [0.2, 0.25) is 5.75 Å². The number of hydrogen-bond donors (Lipinski definition) is 2. The lowest BCUT2D eigenvalue weighted by Gasteiger charge is -2.27. The fraction of sp³-hybridized carbons (Fsp3) is 0.417. The first-order chi connectivity index (χ1) is 12.9. The van der Waals surface area contributed by atoms with Crippen molar-refractivity contribution in [2.75, 3.05) is 14.2 Å². The van der Waals surface area contributed by atoms with Gasteiger partial charge in [0.15, 0.2) is 11.5 Å². The van der Waals surface area contributed by atoms with Crippen molar-refractivity contribution in [1.29, 1.82) is 0 Å². The van der Waals surface area contributed by atoms with Crippen LogP contribution in [-0.2, 0) is 10.8 Å². The lowest BCUT2D eigenvalue weighted by atomic mass is 9.78. The summed E-state index contributed by atoms with van der Waals surface area (Å²) < 4.78 is 10.5. The van der Waals surface area contributed by atoms with Crippen LogP contribution >= 0.6 is 0 Å². The third-order valence-electron chi connectivity index (χ3n) is 4.72. The molecule has 4 nitrogen and oxygen atoms in total. The molecule has 0 spiro atoms. The normalized spacial score (nSPS) is 12.4. The molecular weight excluding hydrogens is 352 g/mol. The van der Waals surface area contributed by atoms with Crippen LogP contribution in [-0.4, -0.2) is 24.4 Å². The average Bonchev–Trinajstić information content (AvgIpc) is 2.59. The molecule has 0 heterocycles. The van der Waals surface area contributed by atoms with Gasteiger partial charge in [0.1, 0.15) is 5.75 Å². The Morgan fingerprint density at radius 3 is 1.32 bits per heavy atom. The number of phenolic OH excluding ortho intramolecular Hbond substituents is 2. The van der Waals surface area contributed by atoms with Crippen molar-refractivity contribution in [3.05, 3.63) is 46.5 Å². The second-order valence-corrected chi connectivity index (χ2v) is 9.07. The summed E-state index contributed by atoms with van der Waals surface area (Å²) in [6, 6.07) is 7.56. The highest BCUT2D eigenvalue weighted by Gasteiger charge is 2.26. The fourth-order valence-corrected chi connectivity index (χ4v) is 3.10. The standard InChI is InChI=1S/C24H32O4/c1-23(2,3)17-11-15(12-18(21(17)25)24(4,5)6)9-10-16-13-19(27-7)22(26)20(14-16)28-8/h9-14,25-26H,1-8H3.